The van der Waals surface area contributed by atoms with Gasteiger partial charge in [-0.25, -0.2) is 17.2 Å². The molecule has 2 aromatic rings. The lowest BCUT2D eigenvalue weighted by Gasteiger charge is -2.22. The van der Waals surface area contributed by atoms with Crippen molar-refractivity contribution in [3.05, 3.63) is 60.2 Å². The molecule has 0 bridgehead atoms. The van der Waals surface area contributed by atoms with Gasteiger partial charge < -0.3 is 5.32 Å². The zero-order valence-electron chi connectivity index (χ0n) is 12.2. The van der Waals surface area contributed by atoms with Crippen LogP contribution in [0.5, 0.6) is 0 Å². The summed E-state index contributed by atoms with van der Waals surface area (Å²) in [4.78, 5) is 12.0. The first-order valence-electron chi connectivity index (χ1n) is 6.55. The molecule has 0 aliphatic rings. The standard InChI is InChI=1S/C15H14F2N2O3S/c1-23(21,22)19(14-9-5-3-7-12(14)17)10-15(20)18-13-8-4-2-6-11(13)16/h2-9H,10H2,1H3,(H,18,20). The van der Waals surface area contributed by atoms with Crippen LogP contribution in [0.4, 0.5) is 20.2 Å². The molecule has 0 radical (unpaired) electrons. The number of nitrogens with zero attached hydrogens (tertiary/aromatic N) is 1. The van der Waals surface area contributed by atoms with E-state index in [1.165, 1.54) is 36.4 Å². The first kappa shape index (κ1) is 16.9. The van der Waals surface area contributed by atoms with Gasteiger partial charge in [-0.2, -0.15) is 0 Å². The second-order valence-electron chi connectivity index (χ2n) is 4.75. The molecule has 0 atom stereocenters. The van der Waals surface area contributed by atoms with Crippen LogP contribution in [0.1, 0.15) is 0 Å². The van der Waals surface area contributed by atoms with Crippen LogP contribution in [-0.2, 0) is 14.8 Å². The normalized spacial score (nSPS) is 11.1. The van der Waals surface area contributed by atoms with Crippen molar-refractivity contribution < 1.29 is 22.0 Å². The molecule has 23 heavy (non-hydrogen) atoms. The molecule has 0 spiro atoms. The third-order valence-electron chi connectivity index (χ3n) is 2.96. The van der Waals surface area contributed by atoms with Gasteiger partial charge in [0, 0.05) is 0 Å². The number of anilines is 2. The van der Waals surface area contributed by atoms with Gasteiger partial charge in [-0.3, -0.25) is 9.10 Å². The van der Waals surface area contributed by atoms with Gasteiger partial charge in [0.15, 0.2) is 0 Å². The summed E-state index contributed by atoms with van der Waals surface area (Å²) in [6, 6.07) is 10.6. The van der Waals surface area contributed by atoms with E-state index in [-0.39, 0.29) is 11.4 Å². The molecule has 0 aliphatic carbocycles. The highest BCUT2D eigenvalue weighted by Crippen LogP contribution is 2.21. The third-order valence-corrected chi connectivity index (χ3v) is 4.08. The number of nitrogens with one attached hydrogen (secondary N) is 1. The molecule has 0 unspecified atom stereocenters. The fourth-order valence-corrected chi connectivity index (χ4v) is 2.77. The van der Waals surface area contributed by atoms with Crippen molar-refractivity contribution in [3.63, 3.8) is 0 Å². The number of halogens is 2. The molecule has 122 valence electrons. The summed E-state index contributed by atoms with van der Waals surface area (Å²) in [5.41, 5.74) is -0.335. The minimum atomic E-state index is -3.90. The van der Waals surface area contributed by atoms with E-state index in [0.29, 0.717) is 4.31 Å². The molecule has 1 amide bonds. The Morgan fingerprint density at radius 3 is 2.17 bits per heavy atom. The highest BCUT2D eigenvalue weighted by molar-refractivity contribution is 7.92. The summed E-state index contributed by atoms with van der Waals surface area (Å²) in [5.74, 6) is -2.22. The second-order valence-corrected chi connectivity index (χ2v) is 6.66. The summed E-state index contributed by atoms with van der Waals surface area (Å²) >= 11 is 0. The summed E-state index contributed by atoms with van der Waals surface area (Å²) < 4.78 is 51.6. The van der Waals surface area contributed by atoms with E-state index >= 15 is 0 Å². The summed E-state index contributed by atoms with van der Waals surface area (Å²) in [7, 11) is -3.90. The van der Waals surface area contributed by atoms with Gasteiger partial charge in [-0.1, -0.05) is 24.3 Å². The molecule has 8 heteroatoms. The largest absolute Gasteiger partial charge is 0.322 e. The van der Waals surface area contributed by atoms with E-state index in [1.54, 1.807) is 0 Å². The monoisotopic (exact) mass is 340 g/mol. The number of carbonyl (C=O) groups excluding carboxylic acids is 1. The lowest BCUT2D eigenvalue weighted by molar-refractivity contribution is -0.114. The van der Waals surface area contributed by atoms with Crippen LogP contribution >= 0.6 is 0 Å². The molecular formula is C15H14F2N2O3S. The smallest absolute Gasteiger partial charge is 0.245 e. The Bertz CT molecular complexity index is 825. The minimum absolute atomic E-state index is 0.0838. The lowest BCUT2D eigenvalue weighted by atomic mass is 10.3. The van der Waals surface area contributed by atoms with Crippen molar-refractivity contribution in [2.75, 3.05) is 22.4 Å². The van der Waals surface area contributed by atoms with E-state index < -0.39 is 34.1 Å². The molecule has 1 N–H and O–H groups in total. The van der Waals surface area contributed by atoms with Crippen LogP contribution < -0.4 is 9.62 Å². The second kappa shape index (κ2) is 6.74. The maximum Gasteiger partial charge on any atom is 0.245 e. The van der Waals surface area contributed by atoms with Crippen molar-refractivity contribution in [1.82, 2.24) is 0 Å². The van der Waals surface area contributed by atoms with E-state index in [4.69, 9.17) is 0 Å². The van der Waals surface area contributed by atoms with Gasteiger partial charge in [-0.05, 0) is 24.3 Å². The lowest BCUT2D eigenvalue weighted by Crippen LogP contribution is -2.38. The Balaban J connectivity index is 2.24. The minimum Gasteiger partial charge on any atom is -0.322 e. The Labute approximate surface area is 132 Å². The number of sulfonamides is 1. The number of hydrogen-bond donors (Lipinski definition) is 1. The zero-order chi connectivity index (χ0) is 17.0. The number of benzene rings is 2. The first-order valence-corrected chi connectivity index (χ1v) is 8.40. The molecule has 0 heterocycles. The highest BCUT2D eigenvalue weighted by atomic mass is 32.2. The Kier molecular flexibility index (Phi) is 4.95. The topological polar surface area (TPSA) is 66.5 Å². The van der Waals surface area contributed by atoms with Crippen LogP contribution in [0.2, 0.25) is 0 Å². The van der Waals surface area contributed by atoms with Crippen LogP contribution in [0.3, 0.4) is 0 Å². The maximum absolute atomic E-state index is 13.8. The molecule has 0 saturated carbocycles. The molecule has 0 fully saturated rings. The molecule has 0 aliphatic heterocycles. The van der Waals surface area contributed by atoms with Gasteiger partial charge in [-0.15, -0.1) is 0 Å². The van der Waals surface area contributed by atoms with Crippen LogP contribution in [0.15, 0.2) is 48.5 Å². The fraction of sp³-hybridized carbons (Fsp3) is 0.133. The Morgan fingerprint density at radius 2 is 1.61 bits per heavy atom. The predicted octanol–water partition coefficient (Wildman–Crippen LogP) is 2.37. The Morgan fingerprint density at radius 1 is 1.04 bits per heavy atom. The van der Waals surface area contributed by atoms with Crippen LogP contribution in [-0.4, -0.2) is 27.1 Å². The predicted molar refractivity (Wildman–Crippen MR) is 83.6 cm³/mol. The summed E-state index contributed by atoms with van der Waals surface area (Å²) in [5, 5.41) is 2.26. The molecule has 0 saturated heterocycles. The van der Waals surface area contributed by atoms with Gasteiger partial charge in [0.2, 0.25) is 15.9 Å². The first-order chi connectivity index (χ1) is 10.8. The number of hydrogen-bond acceptors (Lipinski definition) is 3. The van der Waals surface area contributed by atoms with Gasteiger partial charge in [0.1, 0.15) is 18.2 Å². The SMILES string of the molecule is CS(=O)(=O)N(CC(=O)Nc1ccccc1F)c1ccccc1F. The Hall–Kier alpha value is -2.48. The highest BCUT2D eigenvalue weighted by Gasteiger charge is 2.23. The summed E-state index contributed by atoms with van der Waals surface area (Å²) in [6.07, 6.45) is 0.857. The van der Waals surface area contributed by atoms with Crippen LogP contribution in [0, 0.1) is 11.6 Å². The van der Waals surface area contributed by atoms with Crippen LogP contribution in [0.25, 0.3) is 0 Å². The average molecular weight is 340 g/mol. The molecular weight excluding hydrogens is 326 g/mol. The average Bonchev–Trinajstić information content (AvgIpc) is 2.47. The van der Waals surface area contributed by atoms with E-state index in [0.717, 1.165) is 18.4 Å². The zero-order valence-corrected chi connectivity index (χ0v) is 13.0. The number of para-hydroxylation sites is 2. The number of rotatable bonds is 5. The molecule has 2 rings (SSSR count). The summed E-state index contributed by atoms with van der Waals surface area (Å²) in [6.45, 7) is -0.673. The quantitative estimate of drug-likeness (QED) is 0.909. The molecule has 0 aromatic heterocycles. The van der Waals surface area contributed by atoms with E-state index in [2.05, 4.69) is 5.32 Å². The number of amides is 1. The van der Waals surface area contributed by atoms with Gasteiger partial charge >= 0.3 is 0 Å². The van der Waals surface area contributed by atoms with E-state index in [1.807, 2.05) is 0 Å². The molecule has 5 nitrogen and oxygen atoms in total. The van der Waals surface area contributed by atoms with Crippen molar-refractivity contribution in [1.29, 1.82) is 0 Å². The maximum atomic E-state index is 13.8. The molecule has 2 aromatic carbocycles. The fourth-order valence-electron chi connectivity index (χ4n) is 1.92. The van der Waals surface area contributed by atoms with Crippen molar-refractivity contribution in [2.24, 2.45) is 0 Å². The van der Waals surface area contributed by atoms with E-state index in [9.17, 15) is 22.0 Å². The van der Waals surface area contributed by atoms with Crippen molar-refractivity contribution in [3.8, 4) is 0 Å². The number of carbonyl (C=O) groups is 1. The third kappa shape index (κ3) is 4.26. The van der Waals surface area contributed by atoms with Crippen molar-refractivity contribution in [2.45, 2.75) is 0 Å². The van der Waals surface area contributed by atoms with Crippen molar-refractivity contribution >= 4 is 27.3 Å². The van der Waals surface area contributed by atoms with Gasteiger partial charge in [0.05, 0.1) is 17.6 Å². The van der Waals surface area contributed by atoms with Gasteiger partial charge in [0.25, 0.3) is 0 Å².